The van der Waals surface area contributed by atoms with Gasteiger partial charge in [0.05, 0.1) is 27.4 Å². The molecule has 3 fully saturated rings. The fraction of sp³-hybridized carbons (Fsp3) is 0.587. The molecule has 0 radical (unpaired) electrons. The van der Waals surface area contributed by atoms with Crippen LogP contribution in [0.4, 0.5) is 14.5 Å². The summed E-state index contributed by atoms with van der Waals surface area (Å²) in [5.41, 5.74) is -1.64. The summed E-state index contributed by atoms with van der Waals surface area (Å²) in [6.45, 7) is 6.55. The van der Waals surface area contributed by atoms with Gasteiger partial charge in [0.15, 0.2) is 6.10 Å². The summed E-state index contributed by atoms with van der Waals surface area (Å²) in [6.07, 6.45) is 4.04. The predicted molar refractivity (Wildman–Crippen MR) is 221 cm³/mol. The molecule has 1 unspecified atom stereocenters. The molecule has 5 aliphatic heterocycles. The number of anilines is 1. The van der Waals surface area contributed by atoms with E-state index in [0.29, 0.717) is 61.7 Å². The van der Waals surface area contributed by atoms with E-state index < -0.39 is 63.7 Å². The highest BCUT2D eigenvalue weighted by atomic mass is 19.3. The Labute approximate surface area is 350 Å². The fourth-order valence-corrected chi connectivity index (χ4v) is 13.2. The van der Waals surface area contributed by atoms with Crippen molar-refractivity contribution in [3.05, 3.63) is 70.9 Å². The molecule has 2 saturated heterocycles. The van der Waals surface area contributed by atoms with Crippen molar-refractivity contribution in [3.63, 3.8) is 0 Å². The van der Waals surface area contributed by atoms with Gasteiger partial charge >= 0.3 is 17.9 Å². The number of para-hydroxylation sites is 1. The van der Waals surface area contributed by atoms with E-state index in [1.807, 2.05) is 67.4 Å². The van der Waals surface area contributed by atoms with Crippen LogP contribution in [0.25, 0.3) is 10.9 Å². The zero-order valence-electron chi connectivity index (χ0n) is 34.8. The first-order chi connectivity index (χ1) is 28.1. The average Bonchev–Trinajstić information content (AvgIpc) is 3.86. The van der Waals surface area contributed by atoms with Crippen molar-refractivity contribution in [1.29, 1.82) is 0 Å². The molecule has 1 saturated carbocycles. The number of halogens is 2. The molecule has 9 rings (SSSR count). The normalized spacial score (nSPS) is 35.2. The van der Waals surface area contributed by atoms with Crippen molar-refractivity contribution in [1.82, 2.24) is 14.8 Å². The van der Waals surface area contributed by atoms with E-state index in [9.17, 15) is 14.7 Å². The lowest BCUT2D eigenvalue weighted by Crippen LogP contribution is -2.81. The van der Waals surface area contributed by atoms with E-state index in [1.165, 1.54) is 28.3 Å². The molecule has 6 heterocycles. The fourth-order valence-electron chi connectivity index (χ4n) is 13.2. The number of H-pyrrole nitrogens is 1. The molecule has 2 bridgehead atoms. The van der Waals surface area contributed by atoms with Crippen molar-refractivity contribution in [2.75, 3.05) is 59.5 Å². The Kier molecular flexibility index (Phi) is 10.0. The van der Waals surface area contributed by atoms with Crippen molar-refractivity contribution in [3.8, 4) is 5.75 Å². The minimum Gasteiger partial charge on any atom is -0.496 e. The Morgan fingerprint density at radius 1 is 1.03 bits per heavy atom. The minimum atomic E-state index is -2.94. The number of hydrogen-bond acceptors (Lipinski definition) is 11. The quantitative estimate of drug-likeness (QED) is 0.172. The van der Waals surface area contributed by atoms with Crippen LogP contribution in [0.5, 0.6) is 5.75 Å². The molecule has 3 aromatic rings. The van der Waals surface area contributed by atoms with Crippen LogP contribution in [0.1, 0.15) is 76.3 Å². The number of carbonyl (C=O) groups is 3. The van der Waals surface area contributed by atoms with Crippen molar-refractivity contribution in [2.45, 2.75) is 101 Å². The highest BCUT2D eigenvalue weighted by Gasteiger charge is 2.80. The standard InChI is InChI=1S/C45H54F2N4O8.CH4/c1-8-42-14-11-16-51-17-15-43(36(42)51)30-19-31(34(56-5)20-33(30)49(4)37(43)45(55,40(54)58-7)38(42)59-25(2)52)44(39(53)57-6)21-26-18-27(41(3,46)47)23-50(22-26)24-29-28-12-9-10-13-32(28)48-35(29)44;/h9-14,19-20,26-27,36-38,48,55H,8,15-18,21-24H2,1-7H3;1H4/t26-,27-,36-,37+,38+,42+,43+,44-,45-;/m0./s1. The van der Waals surface area contributed by atoms with Gasteiger partial charge in [0, 0.05) is 96.9 Å². The summed E-state index contributed by atoms with van der Waals surface area (Å²) < 4.78 is 54.3. The first kappa shape index (κ1) is 42.2. The van der Waals surface area contributed by atoms with Gasteiger partial charge in [-0.25, -0.2) is 13.6 Å². The van der Waals surface area contributed by atoms with Crippen LogP contribution in [0.3, 0.4) is 0 Å². The molecule has 1 aliphatic carbocycles. The van der Waals surface area contributed by atoms with Gasteiger partial charge in [-0.3, -0.25) is 19.4 Å². The Bertz CT molecular complexity index is 2270. The van der Waals surface area contributed by atoms with Crippen LogP contribution < -0.4 is 9.64 Å². The van der Waals surface area contributed by atoms with Gasteiger partial charge in [0.25, 0.3) is 0 Å². The van der Waals surface area contributed by atoms with E-state index >= 15 is 13.6 Å². The number of aromatic nitrogens is 1. The van der Waals surface area contributed by atoms with Crippen molar-refractivity contribution < 1.29 is 47.2 Å². The third-order valence-corrected chi connectivity index (χ3v) is 15.3. The molecule has 60 heavy (non-hydrogen) atoms. The number of rotatable bonds is 7. The lowest BCUT2D eigenvalue weighted by atomic mass is 9.47. The largest absolute Gasteiger partial charge is 0.496 e. The highest BCUT2D eigenvalue weighted by Crippen LogP contribution is 2.68. The van der Waals surface area contributed by atoms with Gasteiger partial charge in [-0.2, -0.15) is 0 Å². The van der Waals surface area contributed by atoms with E-state index in [1.54, 1.807) is 0 Å². The van der Waals surface area contributed by atoms with Crippen LogP contribution in [-0.2, 0) is 46.0 Å². The number of likely N-dealkylation sites (N-methyl/N-ethyl adjacent to an activating group) is 1. The molecule has 1 spiro atoms. The lowest BCUT2D eigenvalue weighted by molar-refractivity contribution is -0.228. The van der Waals surface area contributed by atoms with Gasteiger partial charge in [-0.15, -0.1) is 0 Å². The third-order valence-electron chi connectivity index (χ3n) is 15.3. The van der Waals surface area contributed by atoms with E-state index in [0.717, 1.165) is 29.0 Å². The second-order valence-corrected chi connectivity index (χ2v) is 18.0. The number of aliphatic hydroxyl groups is 1. The first-order valence-electron chi connectivity index (χ1n) is 20.7. The van der Waals surface area contributed by atoms with Gasteiger partial charge in [-0.05, 0) is 68.3 Å². The number of nitrogens with one attached hydrogen (secondary N) is 1. The van der Waals surface area contributed by atoms with Crippen LogP contribution in [0.15, 0.2) is 48.6 Å². The zero-order chi connectivity index (χ0) is 42.0. The molecule has 2 aromatic carbocycles. The molecule has 10 atom stereocenters. The molecule has 0 amide bonds. The molecule has 12 nitrogen and oxygen atoms in total. The molecule has 2 N–H and O–H groups in total. The van der Waals surface area contributed by atoms with E-state index in [4.69, 9.17) is 18.9 Å². The summed E-state index contributed by atoms with van der Waals surface area (Å²) in [7, 11) is 5.94. The van der Waals surface area contributed by atoms with E-state index in [-0.39, 0.29) is 38.8 Å². The molecule has 1 aromatic heterocycles. The van der Waals surface area contributed by atoms with Gasteiger partial charge in [0.1, 0.15) is 11.2 Å². The maximum absolute atomic E-state index is 15.3. The van der Waals surface area contributed by atoms with E-state index in [2.05, 4.69) is 14.8 Å². The van der Waals surface area contributed by atoms with Crippen LogP contribution >= 0.6 is 0 Å². The molecular formula is C46H58F2N4O8. The number of carbonyl (C=O) groups excluding carboxylic acids is 3. The molecular weight excluding hydrogens is 775 g/mol. The van der Waals surface area contributed by atoms with Crippen molar-refractivity contribution >= 4 is 34.5 Å². The zero-order valence-corrected chi connectivity index (χ0v) is 34.8. The van der Waals surface area contributed by atoms with Gasteiger partial charge in [-0.1, -0.05) is 44.7 Å². The Hall–Kier alpha value is -4.53. The number of nitrogens with zero attached hydrogens (tertiary/aromatic N) is 3. The number of benzene rings is 2. The number of ether oxygens (including phenoxy) is 4. The number of esters is 3. The average molecular weight is 833 g/mol. The summed E-state index contributed by atoms with van der Waals surface area (Å²) in [5, 5.41) is 14.2. The second kappa shape index (κ2) is 14.3. The number of alkyl halides is 2. The smallest absolute Gasteiger partial charge is 0.344 e. The summed E-state index contributed by atoms with van der Waals surface area (Å²) >= 11 is 0. The van der Waals surface area contributed by atoms with Crippen LogP contribution in [-0.4, -0.2) is 122 Å². The number of fused-ring (bicyclic) bond motifs is 6. The second-order valence-electron chi connectivity index (χ2n) is 18.0. The first-order valence-corrected chi connectivity index (χ1v) is 20.7. The summed E-state index contributed by atoms with van der Waals surface area (Å²) in [4.78, 5) is 52.5. The maximum atomic E-state index is 15.3. The van der Waals surface area contributed by atoms with Crippen LogP contribution in [0, 0.1) is 17.3 Å². The van der Waals surface area contributed by atoms with Crippen molar-refractivity contribution in [2.24, 2.45) is 17.3 Å². The Morgan fingerprint density at radius 2 is 1.77 bits per heavy atom. The predicted octanol–water partition coefficient (Wildman–Crippen LogP) is 5.71. The molecule has 14 heteroatoms. The highest BCUT2D eigenvalue weighted by molar-refractivity contribution is 5.95. The minimum absolute atomic E-state index is 0. The van der Waals surface area contributed by atoms with Crippen LogP contribution in [0.2, 0.25) is 0 Å². The summed E-state index contributed by atoms with van der Waals surface area (Å²) in [6, 6.07) is 10.3. The number of piperidine rings is 1. The lowest BCUT2D eigenvalue weighted by Gasteiger charge is -2.63. The molecule has 324 valence electrons. The Morgan fingerprint density at radius 3 is 2.43 bits per heavy atom. The topological polar surface area (TPSA) is 134 Å². The number of methoxy groups -OCH3 is 3. The molecule has 6 aliphatic rings. The monoisotopic (exact) mass is 832 g/mol. The van der Waals surface area contributed by atoms with Gasteiger partial charge < -0.3 is 33.9 Å². The SMILES string of the molecule is C.CC[C@]12C=CCN3CC[C@@]4(c5cc([C@@]6(C(=O)OC)C[C@@H]7C[C@H](C(C)(F)F)CN(Cc8c6[nH]c6ccccc86)C7)c(OC)cc5N(C)[C@H]4[C@@](O)(C(=O)OC)[C@@H]1OC(C)=O)[C@@H]32. The number of aromatic amines is 1. The number of hydrogen-bond donors (Lipinski definition) is 2. The summed E-state index contributed by atoms with van der Waals surface area (Å²) in [5.74, 6) is -5.92. The maximum Gasteiger partial charge on any atom is 0.344 e. The Balaban J connectivity index is 0.00000499. The third kappa shape index (κ3) is 5.38. The van der Waals surface area contributed by atoms with Gasteiger partial charge in [0.2, 0.25) is 11.5 Å².